The fourth-order valence-corrected chi connectivity index (χ4v) is 1.21. The minimum Gasteiger partial charge on any atom is -0.497 e. The maximum atomic E-state index is 5.08. The number of ether oxygens (including phenoxy) is 1. The maximum absolute atomic E-state index is 5.08. The van der Waals surface area contributed by atoms with E-state index in [1.807, 2.05) is 31.3 Å². The highest BCUT2D eigenvalue weighted by atomic mass is 79.9. The van der Waals surface area contributed by atoms with Crippen molar-refractivity contribution in [1.29, 1.82) is 0 Å². The Labute approximate surface area is 107 Å². The Morgan fingerprint density at radius 1 is 1.31 bits per heavy atom. The van der Waals surface area contributed by atoms with Gasteiger partial charge in [-0.1, -0.05) is 12.1 Å². The van der Waals surface area contributed by atoms with Gasteiger partial charge in [0.2, 0.25) is 0 Å². The molecule has 0 unspecified atom stereocenters. The van der Waals surface area contributed by atoms with Gasteiger partial charge in [0.25, 0.3) is 0 Å². The Balaban J connectivity index is 0.00000225. The van der Waals surface area contributed by atoms with E-state index < -0.39 is 0 Å². The van der Waals surface area contributed by atoms with E-state index >= 15 is 0 Å². The van der Waals surface area contributed by atoms with E-state index in [4.69, 9.17) is 4.74 Å². The third kappa shape index (κ3) is 4.53. The summed E-state index contributed by atoms with van der Waals surface area (Å²) in [5.74, 6) is 1.66. The quantitative estimate of drug-likeness (QED) is 0.655. The summed E-state index contributed by atoms with van der Waals surface area (Å²) in [6.07, 6.45) is 0. The fourth-order valence-electron chi connectivity index (χ4n) is 1.21. The molecule has 5 heteroatoms. The van der Waals surface area contributed by atoms with Gasteiger partial charge in [-0.3, -0.25) is 4.99 Å². The van der Waals surface area contributed by atoms with Gasteiger partial charge < -0.3 is 15.4 Å². The number of nitrogens with one attached hydrogen (secondary N) is 2. The van der Waals surface area contributed by atoms with Crippen molar-refractivity contribution in [3.05, 3.63) is 29.8 Å². The van der Waals surface area contributed by atoms with Crippen LogP contribution in [0.2, 0.25) is 0 Å². The molecular formula is C11H18BrN3O. The van der Waals surface area contributed by atoms with E-state index in [1.54, 1.807) is 14.2 Å². The number of aliphatic imine (C=N–C) groups is 1. The first kappa shape index (κ1) is 14.8. The Morgan fingerprint density at radius 2 is 1.94 bits per heavy atom. The second-order valence-electron chi connectivity index (χ2n) is 3.02. The summed E-state index contributed by atoms with van der Waals surface area (Å²) in [4.78, 5) is 4.03. The molecule has 0 aliphatic heterocycles. The summed E-state index contributed by atoms with van der Waals surface area (Å²) in [7, 11) is 5.24. The molecule has 0 heterocycles. The molecule has 0 saturated carbocycles. The molecule has 0 aromatic heterocycles. The number of halogens is 1. The zero-order chi connectivity index (χ0) is 11.1. The molecule has 0 aliphatic carbocycles. The van der Waals surface area contributed by atoms with Crippen LogP contribution < -0.4 is 15.4 Å². The molecule has 0 amide bonds. The van der Waals surface area contributed by atoms with Crippen molar-refractivity contribution in [1.82, 2.24) is 10.6 Å². The topological polar surface area (TPSA) is 45.7 Å². The van der Waals surface area contributed by atoms with E-state index in [9.17, 15) is 0 Å². The smallest absolute Gasteiger partial charge is 0.190 e. The Morgan fingerprint density at radius 3 is 2.38 bits per heavy atom. The molecule has 0 spiro atoms. The van der Waals surface area contributed by atoms with Crippen LogP contribution in [0.5, 0.6) is 5.75 Å². The first-order chi connectivity index (χ1) is 7.30. The Bertz CT molecular complexity index is 325. The molecule has 4 nitrogen and oxygen atoms in total. The lowest BCUT2D eigenvalue weighted by molar-refractivity contribution is 0.414. The van der Waals surface area contributed by atoms with Crippen LogP contribution in [0.15, 0.2) is 29.3 Å². The highest BCUT2D eigenvalue weighted by Crippen LogP contribution is 2.10. The largest absolute Gasteiger partial charge is 0.497 e. The lowest BCUT2D eigenvalue weighted by Crippen LogP contribution is -2.33. The van der Waals surface area contributed by atoms with Gasteiger partial charge in [-0.05, 0) is 17.7 Å². The maximum Gasteiger partial charge on any atom is 0.190 e. The van der Waals surface area contributed by atoms with Gasteiger partial charge >= 0.3 is 0 Å². The van der Waals surface area contributed by atoms with Crippen LogP contribution in [0, 0.1) is 0 Å². The average Bonchev–Trinajstić information content (AvgIpc) is 2.31. The van der Waals surface area contributed by atoms with Gasteiger partial charge in [0.05, 0.1) is 7.11 Å². The summed E-state index contributed by atoms with van der Waals surface area (Å²) in [5.41, 5.74) is 1.19. The summed E-state index contributed by atoms with van der Waals surface area (Å²) in [6.45, 7) is 0.748. The number of guanidine groups is 1. The molecule has 0 aliphatic rings. The van der Waals surface area contributed by atoms with Crippen molar-refractivity contribution in [2.75, 3.05) is 21.2 Å². The fraction of sp³-hybridized carbons (Fsp3) is 0.364. The molecule has 0 atom stereocenters. The van der Waals surface area contributed by atoms with Crippen molar-refractivity contribution in [3.8, 4) is 5.75 Å². The second-order valence-corrected chi connectivity index (χ2v) is 3.02. The lowest BCUT2D eigenvalue weighted by atomic mass is 10.2. The lowest BCUT2D eigenvalue weighted by Gasteiger charge is -2.08. The highest BCUT2D eigenvalue weighted by Gasteiger charge is 1.96. The molecule has 0 radical (unpaired) electrons. The number of methoxy groups -OCH3 is 1. The zero-order valence-electron chi connectivity index (χ0n) is 9.78. The summed E-state index contributed by atoms with van der Waals surface area (Å²) < 4.78 is 5.08. The summed E-state index contributed by atoms with van der Waals surface area (Å²) in [5, 5.41) is 6.13. The van der Waals surface area contributed by atoms with Crippen LogP contribution in [0.4, 0.5) is 0 Å². The molecule has 1 aromatic rings. The van der Waals surface area contributed by atoms with Crippen LogP contribution in [0.25, 0.3) is 0 Å². The van der Waals surface area contributed by atoms with Crippen molar-refractivity contribution < 1.29 is 4.74 Å². The normalized spacial score (nSPS) is 10.3. The predicted molar refractivity (Wildman–Crippen MR) is 72.6 cm³/mol. The molecule has 0 fully saturated rings. The van der Waals surface area contributed by atoms with Gasteiger partial charge in [-0.2, -0.15) is 0 Å². The number of rotatable bonds is 3. The second kappa shape index (κ2) is 7.98. The molecule has 0 bridgehead atoms. The van der Waals surface area contributed by atoms with Crippen LogP contribution in [-0.4, -0.2) is 27.2 Å². The average molecular weight is 288 g/mol. The monoisotopic (exact) mass is 287 g/mol. The van der Waals surface area contributed by atoms with Gasteiger partial charge in [-0.25, -0.2) is 0 Å². The van der Waals surface area contributed by atoms with Gasteiger partial charge in [0.1, 0.15) is 5.75 Å². The third-order valence-electron chi connectivity index (χ3n) is 2.08. The molecule has 1 rings (SSSR count). The van der Waals surface area contributed by atoms with Crippen molar-refractivity contribution in [3.63, 3.8) is 0 Å². The van der Waals surface area contributed by atoms with Gasteiger partial charge in [-0.15, -0.1) is 17.0 Å². The van der Waals surface area contributed by atoms with Crippen LogP contribution in [0.1, 0.15) is 5.56 Å². The molecular weight excluding hydrogens is 270 g/mol. The first-order valence-corrected chi connectivity index (χ1v) is 4.81. The van der Waals surface area contributed by atoms with Crippen molar-refractivity contribution >= 4 is 22.9 Å². The van der Waals surface area contributed by atoms with E-state index in [1.165, 1.54) is 5.56 Å². The van der Waals surface area contributed by atoms with E-state index in [0.717, 1.165) is 18.3 Å². The van der Waals surface area contributed by atoms with E-state index in [0.29, 0.717) is 0 Å². The van der Waals surface area contributed by atoms with Crippen LogP contribution >= 0.6 is 17.0 Å². The number of benzene rings is 1. The SMILES string of the molecule is Br.CN=C(NC)NCc1ccc(OC)cc1. The number of nitrogens with zero attached hydrogens (tertiary/aromatic N) is 1. The number of hydrogen-bond donors (Lipinski definition) is 2. The minimum absolute atomic E-state index is 0. The summed E-state index contributed by atoms with van der Waals surface area (Å²) >= 11 is 0. The third-order valence-corrected chi connectivity index (χ3v) is 2.08. The molecule has 1 aromatic carbocycles. The van der Waals surface area contributed by atoms with Crippen molar-refractivity contribution in [2.45, 2.75) is 6.54 Å². The Hall–Kier alpha value is -1.23. The first-order valence-electron chi connectivity index (χ1n) is 4.81. The van der Waals surface area contributed by atoms with Crippen LogP contribution in [0.3, 0.4) is 0 Å². The van der Waals surface area contributed by atoms with Crippen LogP contribution in [-0.2, 0) is 6.54 Å². The Kier molecular flexibility index (Phi) is 7.37. The highest BCUT2D eigenvalue weighted by molar-refractivity contribution is 8.93. The minimum atomic E-state index is 0. The number of hydrogen-bond acceptors (Lipinski definition) is 2. The zero-order valence-corrected chi connectivity index (χ0v) is 11.5. The van der Waals surface area contributed by atoms with Gasteiger partial charge in [0.15, 0.2) is 5.96 Å². The molecule has 2 N–H and O–H groups in total. The molecule has 16 heavy (non-hydrogen) atoms. The van der Waals surface area contributed by atoms with Gasteiger partial charge in [0, 0.05) is 20.6 Å². The molecule has 0 saturated heterocycles. The predicted octanol–water partition coefficient (Wildman–Crippen LogP) is 1.57. The van der Waals surface area contributed by atoms with Crippen molar-refractivity contribution in [2.24, 2.45) is 4.99 Å². The molecule has 90 valence electrons. The van der Waals surface area contributed by atoms with E-state index in [2.05, 4.69) is 15.6 Å². The summed E-state index contributed by atoms with van der Waals surface area (Å²) in [6, 6.07) is 7.93. The standard InChI is InChI=1S/C11H17N3O.BrH/c1-12-11(13-2)14-8-9-4-6-10(15-3)7-5-9;/h4-7H,8H2,1-3H3,(H2,12,13,14);1H. The van der Waals surface area contributed by atoms with E-state index in [-0.39, 0.29) is 17.0 Å².